The van der Waals surface area contributed by atoms with Crippen molar-refractivity contribution in [3.63, 3.8) is 0 Å². The molecule has 0 aliphatic carbocycles. The summed E-state index contributed by atoms with van der Waals surface area (Å²) in [6.07, 6.45) is 3.36. The molecule has 3 rings (SSSR count). The molecule has 0 radical (unpaired) electrons. The molecule has 2 aliphatic rings. The van der Waals surface area contributed by atoms with Gasteiger partial charge in [-0.3, -0.25) is 4.79 Å². The maximum atomic E-state index is 12.6. The predicted octanol–water partition coefficient (Wildman–Crippen LogP) is 2.45. The zero-order chi connectivity index (χ0) is 13.9. The Morgan fingerprint density at radius 1 is 1.35 bits per heavy atom. The number of thioether (sulfide) groups is 1. The van der Waals surface area contributed by atoms with Gasteiger partial charge in [0.2, 0.25) is 5.91 Å². The number of benzene rings is 1. The second-order valence-electron chi connectivity index (χ2n) is 5.71. The fourth-order valence-electron chi connectivity index (χ4n) is 3.17. The summed E-state index contributed by atoms with van der Waals surface area (Å²) >= 11 is 1.84. The normalized spacial score (nSPS) is 22.9. The van der Waals surface area contributed by atoms with Crippen LogP contribution in [0.5, 0.6) is 0 Å². The van der Waals surface area contributed by atoms with Crippen LogP contribution in [0.3, 0.4) is 0 Å². The van der Waals surface area contributed by atoms with Crippen molar-refractivity contribution in [2.45, 2.75) is 37.5 Å². The molecule has 4 heteroatoms. The molecule has 3 nitrogen and oxygen atoms in total. The van der Waals surface area contributed by atoms with E-state index in [2.05, 4.69) is 30.4 Å². The predicted molar refractivity (Wildman–Crippen MR) is 85.4 cm³/mol. The molecule has 1 atom stereocenters. The molecular formula is C16H22N2OS. The van der Waals surface area contributed by atoms with Crippen LogP contribution in [0.25, 0.3) is 0 Å². The highest BCUT2D eigenvalue weighted by atomic mass is 32.2. The van der Waals surface area contributed by atoms with Crippen molar-refractivity contribution < 1.29 is 4.79 Å². The summed E-state index contributed by atoms with van der Waals surface area (Å²) in [6, 6.07) is 8.60. The van der Waals surface area contributed by atoms with E-state index in [1.54, 1.807) is 0 Å². The van der Waals surface area contributed by atoms with Gasteiger partial charge >= 0.3 is 0 Å². The molecular weight excluding hydrogens is 268 g/mol. The van der Waals surface area contributed by atoms with Crippen LogP contribution >= 0.6 is 11.8 Å². The van der Waals surface area contributed by atoms with Crippen LogP contribution in [0, 0.1) is 0 Å². The fourth-order valence-corrected chi connectivity index (χ4v) is 4.25. The number of nitrogens with one attached hydrogen (secondary N) is 1. The van der Waals surface area contributed by atoms with Crippen LogP contribution in [-0.4, -0.2) is 36.0 Å². The molecule has 1 saturated heterocycles. The minimum atomic E-state index is 0.269. The van der Waals surface area contributed by atoms with Crippen molar-refractivity contribution in [1.29, 1.82) is 0 Å². The Labute approximate surface area is 125 Å². The number of amides is 1. The van der Waals surface area contributed by atoms with Crippen molar-refractivity contribution in [2.24, 2.45) is 0 Å². The Morgan fingerprint density at radius 3 is 2.90 bits per heavy atom. The Bertz CT molecular complexity index is 485. The van der Waals surface area contributed by atoms with E-state index < -0.39 is 0 Å². The van der Waals surface area contributed by atoms with Crippen LogP contribution < -0.4 is 10.2 Å². The molecule has 1 aromatic carbocycles. The quantitative estimate of drug-likeness (QED) is 0.928. The molecule has 108 valence electrons. The van der Waals surface area contributed by atoms with Crippen molar-refractivity contribution in [3.05, 3.63) is 29.8 Å². The van der Waals surface area contributed by atoms with Crippen molar-refractivity contribution >= 4 is 23.4 Å². The first-order valence-electron chi connectivity index (χ1n) is 7.48. The largest absolute Gasteiger partial charge is 0.317 e. The number of carbonyl (C=O) groups is 1. The summed E-state index contributed by atoms with van der Waals surface area (Å²) in [5.74, 6) is 0.884. The highest BCUT2D eigenvalue weighted by molar-refractivity contribution is 8.00. The van der Waals surface area contributed by atoms with E-state index >= 15 is 0 Å². The van der Waals surface area contributed by atoms with E-state index in [9.17, 15) is 4.79 Å². The van der Waals surface area contributed by atoms with E-state index in [1.807, 2.05) is 22.7 Å². The lowest BCUT2D eigenvalue weighted by molar-refractivity contribution is -0.116. The summed E-state index contributed by atoms with van der Waals surface area (Å²) in [5, 5.41) is 4.02. The minimum absolute atomic E-state index is 0.269. The van der Waals surface area contributed by atoms with Gasteiger partial charge in [0, 0.05) is 17.0 Å². The second-order valence-corrected chi connectivity index (χ2v) is 6.99. The van der Waals surface area contributed by atoms with Gasteiger partial charge in [-0.25, -0.2) is 0 Å². The smallest absolute Gasteiger partial charge is 0.237 e. The molecule has 1 aromatic rings. The summed E-state index contributed by atoms with van der Waals surface area (Å²) in [6.45, 7) is 4.33. The van der Waals surface area contributed by atoms with Crippen LogP contribution in [0.15, 0.2) is 24.3 Å². The van der Waals surface area contributed by atoms with E-state index in [0.717, 1.165) is 25.2 Å². The highest BCUT2D eigenvalue weighted by Gasteiger charge is 2.30. The number of hydrogen-bond acceptors (Lipinski definition) is 3. The number of fused-ring (bicyclic) bond motifs is 1. The average molecular weight is 290 g/mol. The second kappa shape index (κ2) is 6.19. The van der Waals surface area contributed by atoms with Crippen molar-refractivity contribution in [3.8, 4) is 0 Å². The SMILES string of the molecule is CC1Cc2ccccc2N1C(=O)CSC1CCNCC1. The number of rotatable bonds is 3. The van der Waals surface area contributed by atoms with Gasteiger partial charge < -0.3 is 10.2 Å². The molecule has 1 fully saturated rings. The Kier molecular flexibility index (Phi) is 4.32. The molecule has 2 heterocycles. The fraction of sp³-hybridized carbons (Fsp3) is 0.562. The molecule has 20 heavy (non-hydrogen) atoms. The molecule has 1 unspecified atom stereocenters. The topological polar surface area (TPSA) is 32.3 Å². The molecule has 1 amide bonds. The standard InChI is InChI=1S/C16H22N2OS/c1-12-10-13-4-2-3-5-15(13)18(12)16(19)11-20-14-6-8-17-9-7-14/h2-5,12,14,17H,6-11H2,1H3. The van der Waals surface area contributed by atoms with Gasteiger partial charge in [-0.15, -0.1) is 11.8 Å². The van der Waals surface area contributed by atoms with E-state index in [0.29, 0.717) is 17.0 Å². The van der Waals surface area contributed by atoms with Crippen molar-refractivity contribution in [1.82, 2.24) is 5.32 Å². The van der Waals surface area contributed by atoms with Gasteiger partial charge in [0.05, 0.1) is 5.75 Å². The van der Waals surface area contributed by atoms with Gasteiger partial charge in [-0.2, -0.15) is 0 Å². The first kappa shape index (κ1) is 14.0. The number of piperidine rings is 1. The third-order valence-electron chi connectivity index (χ3n) is 4.20. The van der Waals surface area contributed by atoms with Crippen LogP contribution in [0.1, 0.15) is 25.3 Å². The number of hydrogen-bond donors (Lipinski definition) is 1. The highest BCUT2D eigenvalue weighted by Crippen LogP contribution is 2.32. The Hall–Kier alpha value is -1.000. The van der Waals surface area contributed by atoms with E-state index in [-0.39, 0.29) is 5.91 Å². The maximum absolute atomic E-state index is 12.6. The summed E-state index contributed by atoms with van der Waals surface area (Å²) in [4.78, 5) is 14.6. The lowest BCUT2D eigenvalue weighted by Gasteiger charge is -2.25. The van der Waals surface area contributed by atoms with Crippen molar-refractivity contribution in [2.75, 3.05) is 23.7 Å². The number of carbonyl (C=O) groups excluding carboxylic acids is 1. The Balaban J connectivity index is 1.62. The number of para-hydroxylation sites is 1. The maximum Gasteiger partial charge on any atom is 0.237 e. The van der Waals surface area contributed by atoms with Gasteiger partial charge in [0.1, 0.15) is 0 Å². The third-order valence-corrected chi connectivity index (χ3v) is 5.56. The first-order valence-corrected chi connectivity index (χ1v) is 8.53. The third kappa shape index (κ3) is 2.86. The molecule has 2 aliphatic heterocycles. The number of nitrogens with zero attached hydrogens (tertiary/aromatic N) is 1. The summed E-state index contributed by atoms with van der Waals surface area (Å²) in [7, 11) is 0. The lowest BCUT2D eigenvalue weighted by atomic mass is 10.1. The summed E-state index contributed by atoms with van der Waals surface area (Å²) in [5.41, 5.74) is 2.43. The van der Waals surface area contributed by atoms with E-state index in [4.69, 9.17) is 0 Å². The van der Waals surface area contributed by atoms with E-state index in [1.165, 1.54) is 18.4 Å². The molecule has 0 spiro atoms. The molecule has 0 aromatic heterocycles. The minimum Gasteiger partial charge on any atom is -0.317 e. The lowest BCUT2D eigenvalue weighted by Crippen LogP contribution is -2.38. The first-order chi connectivity index (χ1) is 9.75. The average Bonchev–Trinajstić information content (AvgIpc) is 2.82. The monoisotopic (exact) mass is 290 g/mol. The van der Waals surface area contributed by atoms with Crippen LogP contribution in [-0.2, 0) is 11.2 Å². The number of anilines is 1. The van der Waals surface area contributed by atoms with Crippen LogP contribution in [0.2, 0.25) is 0 Å². The zero-order valence-electron chi connectivity index (χ0n) is 12.0. The Morgan fingerprint density at radius 2 is 2.10 bits per heavy atom. The van der Waals surface area contributed by atoms with Gasteiger partial charge in [0.15, 0.2) is 0 Å². The summed E-state index contributed by atoms with van der Waals surface area (Å²) < 4.78 is 0. The zero-order valence-corrected chi connectivity index (χ0v) is 12.8. The van der Waals surface area contributed by atoms with Gasteiger partial charge in [0.25, 0.3) is 0 Å². The molecule has 1 N–H and O–H groups in total. The van der Waals surface area contributed by atoms with Crippen LogP contribution in [0.4, 0.5) is 5.69 Å². The molecule has 0 bridgehead atoms. The van der Waals surface area contributed by atoms with Gasteiger partial charge in [-0.1, -0.05) is 18.2 Å². The molecule has 0 saturated carbocycles. The van der Waals surface area contributed by atoms with Gasteiger partial charge in [-0.05, 0) is 50.9 Å².